The zero-order valence-corrected chi connectivity index (χ0v) is 17.7. The molecule has 0 N–H and O–H groups in total. The largest absolute Gasteiger partial charge is 0.495 e. The van der Waals surface area contributed by atoms with Gasteiger partial charge in [0.2, 0.25) is 10.0 Å². The number of aromatic nitrogens is 1. The first-order chi connectivity index (χ1) is 13.1. The van der Waals surface area contributed by atoms with E-state index < -0.39 is 27.0 Å². The van der Waals surface area contributed by atoms with E-state index in [2.05, 4.69) is 4.98 Å². The van der Waals surface area contributed by atoms with Crippen LogP contribution in [-0.4, -0.2) is 72.8 Å². The minimum Gasteiger partial charge on any atom is -0.495 e. The first kappa shape index (κ1) is 20.9. The van der Waals surface area contributed by atoms with Crippen LogP contribution >= 0.6 is 0 Å². The summed E-state index contributed by atoms with van der Waals surface area (Å²) in [6.45, 7) is 6.71. The number of carbonyl (C=O) groups is 1. The maximum atomic E-state index is 12.9. The lowest BCUT2D eigenvalue weighted by atomic mass is 9.94. The Bertz CT molecular complexity index is 790. The number of ether oxygens (including phenoxy) is 2. The quantitative estimate of drug-likeness (QED) is 0.755. The third-order valence-corrected chi connectivity index (χ3v) is 7.37. The number of hydrogen-bond donors (Lipinski definition) is 0. The zero-order chi connectivity index (χ0) is 20.5. The second-order valence-electron chi connectivity index (χ2n) is 8.35. The van der Waals surface area contributed by atoms with Crippen molar-refractivity contribution in [2.24, 2.45) is 0 Å². The Labute approximate surface area is 166 Å². The molecule has 156 valence electrons. The summed E-state index contributed by atoms with van der Waals surface area (Å²) in [5.74, 6) is 0.959. The van der Waals surface area contributed by atoms with Crippen LogP contribution in [0.4, 0.5) is 4.79 Å². The number of hydrogen-bond acceptors (Lipinski definition) is 6. The van der Waals surface area contributed by atoms with E-state index >= 15 is 0 Å². The summed E-state index contributed by atoms with van der Waals surface area (Å²) in [5, 5.41) is -0.546. The first-order valence-corrected chi connectivity index (χ1v) is 11.1. The fourth-order valence-corrected chi connectivity index (χ4v) is 5.35. The smallest absolute Gasteiger partial charge is 0.410 e. The van der Waals surface area contributed by atoms with E-state index in [1.165, 1.54) is 4.90 Å². The van der Waals surface area contributed by atoms with Crippen LogP contribution in [-0.2, 0) is 14.8 Å². The number of methoxy groups -OCH3 is 1. The van der Waals surface area contributed by atoms with Crippen molar-refractivity contribution < 1.29 is 22.7 Å². The third-order valence-electron chi connectivity index (χ3n) is 5.15. The molecule has 3 rings (SSSR count). The molecule has 2 aliphatic heterocycles. The first-order valence-electron chi connectivity index (χ1n) is 9.57. The number of likely N-dealkylation sites (tertiary alicyclic amines) is 1. The molecule has 9 heteroatoms. The van der Waals surface area contributed by atoms with Crippen molar-refractivity contribution in [1.29, 1.82) is 0 Å². The molecule has 0 aliphatic carbocycles. The van der Waals surface area contributed by atoms with Gasteiger partial charge in [-0.1, -0.05) is 0 Å². The molecule has 2 aliphatic rings. The number of sulfonamides is 1. The molecule has 0 bridgehead atoms. The van der Waals surface area contributed by atoms with Gasteiger partial charge in [0.1, 0.15) is 16.6 Å². The molecule has 8 nitrogen and oxygen atoms in total. The molecule has 1 aromatic rings. The summed E-state index contributed by atoms with van der Waals surface area (Å²) in [4.78, 5) is 17.9. The third kappa shape index (κ3) is 4.57. The summed E-state index contributed by atoms with van der Waals surface area (Å²) in [7, 11) is -1.81. The van der Waals surface area contributed by atoms with Gasteiger partial charge in [0, 0.05) is 37.8 Å². The molecular formula is C19H29N3O5S. The fraction of sp³-hybridized carbons (Fsp3) is 0.684. The highest BCUT2D eigenvalue weighted by Gasteiger charge is 2.44. The molecule has 0 aromatic carbocycles. The summed E-state index contributed by atoms with van der Waals surface area (Å²) in [5.41, 5.74) is 0.385. The van der Waals surface area contributed by atoms with Crippen LogP contribution in [0.15, 0.2) is 18.3 Å². The molecule has 1 aromatic heterocycles. The summed E-state index contributed by atoms with van der Waals surface area (Å²) in [6.07, 6.45) is 2.71. The second kappa shape index (κ2) is 7.87. The molecule has 0 spiro atoms. The van der Waals surface area contributed by atoms with Crippen LogP contribution < -0.4 is 4.74 Å². The van der Waals surface area contributed by atoms with Crippen LogP contribution in [0.5, 0.6) is 5.75 Å². The van der Waals surface area contributed by atoms with Gasteiger partial charge < -0.3 is 14.4 Å². The van der Waals surface area contributed by atoms with Gasteiger partial charge in [0.25, 0.3) is 0 Å². The Hall–Kier alpha value is -1.87. The van der Waals surface area contributed by atoms with Gasteiger partial charge in [-0.25, -0.2) is 17.5 Å². The van der Waals surface area contributed by atoms with Gasteiger partial charge in [0.05, 0.1) is 13.3 Å². The molecule has 2 saturated heterocycles. The molecule has 1 amide bonds. The molecule has 2 fully saturated rings. The minimum atomic E-state index is -3.41. The summed E-state index contributed by atoms with van der Waals surface area (Å²) < 4.78 is 37.7. The molecule has 0 saturated carbocycles. The molecule has 28 heavy (non-hydrogen) atoms. The SMILES string of the molecule is COc1ccc(C2CCN(S(=O)(=O)C3CN(C(=O)OC(C)(C)C)C3)CC2)nc1. The average Bonchev–Trinajstić information content (AvgIpc) is 2.59. The van der Waals surface area contributed by atoms with E-state index in [0.717, 1.165) is 18.5 Å². The number of rotatable bonds is 4. The van der Waals surface area contributed by atoms with Crippen LogP contribution in [0.1, 0.15) is 45.2 Å². The number of amides is 1. The number of nitrogens with zero attached hydrogens (tertiary/aromatic N) is 3. The van der Waals surface area contributed by atoms with Crippen molar-refractivity contribution in [2.45, 2.75) is 50.4 Å². The Balaban J connectivity index is 1.52. The number of carbonyl (C=O) groups excluding carboxylic acids is 1. The maximum absolute atomic E-state index is 12.9. The van der Waals surface area contributed by atoms with E-state index in [9.17, 15) is 13.2 Å². The highest BCUT2D eigenvalue weighted by atomic mass is 32.2. The molecule has 0 atom stereocenters. The van der Waals surface area contributed by atoms with Gasteiger partial charge in [-0.2, -0.15) is 0 Å². The van der Waals surface area contributed by atoms with Crippen LogP contribution in [0.3, 0.4) is 0 Å². The molecular weight excluding hydrogens is 382 g/mol. The monoisotopic (exact) mass is 411 g/mol. The highest BCUT2D eigenvalue weighted by molar-refractivity contribution is 7.89. The minimum absolute atomic E-state index is 0.192. The van der Waals surface area contributed by atoms with Gasteiger partial charge >= 0.3 is 6.09 Å². The van der Waals surface area contributed by atoms with Gasteiger partial charge in [-0.3, -0.25) is 4.98 Å². The average molecular weight is 412 g/mol. The topological polar surface area (TPSA) is 89.0 Å². The Morgan fingerprint density at radius 3 is 2.32 bits per heavy atom. The molecule has 0 unspecified atom stereocenters. The van der Waals surface area contributed by atoms with Gasteiger partial charge in [0.15, 0.2) is 0 Å². The van der Waals surface area contributed by atoms with Gasteiger partial charge in [-0.15, -0.1) is 0 Å². The maximum Gasteiger partial charge on any atom is 0.410 e. The Kier molecular flexibility index (Phi) is 5.86. The highest BCUT2D eigenvalue weighted by Crippen LogP contribution is 2.31. The van der Waals surface area contributed by atoms with E-state index in [0.29, 0.717) is 18.8 Å². The number of piperidine rings is 1. The van der Waals surface area contributed by atoms with Crippen molar-refractivity contribution in [3.63, 3.8) is 0 Å². The normalized spacial score (nSPS) is 19.9. The Morgan fingerprint density at radius 2 is 1.82 bits per heavy atom. The van der Waals surface area contributed by atoms with E-state index in [1.54, 1.807) is 38.4 Å². The van der Waals surface area contributed by atoms with E-state index in [-0.39, 0.29) is 19.0 Å². The van der Waals surface area contributed by atoms with Crippen LogP contribution in [0.25, 0.3) is 0 Å². The van der Waals surface area contributed by atoms with Gasteiger partial charge in [-0.05, 0) is 45.7 Å². The fourth-order valence-electron chi connectivity index (χ4n) is 3.47. The predicted octanol–water partition coefficient (Wildman–Crippen LogP) is 2.22. The lowest BCUT2D eigenvalue weighted by molar-refractivity contribution is 0.0135. The van der Waals surface area contributed by atoms with E-state index in [1.807, 2.05) is 12.1 Å². The lowest BCUT2D eigenvalue weighted by Gasteiger charge is -2.42. The lowest BCUT2D eigenvalue weighted by Crippen LogP contribution is -2.61. The predicted molar refractivity (Wildman–Crippen MR) is 105 cm³/mol. The van der Waals surface area contributed by atoms with Crippen molar-refractivity contribution in [3.8, 4) is 5.75 Å². The standard InChI is InChI=1S/C19H29N3O5S/c1-19(2,3)27-18(23)21-12-16(13-21)28(24,25)22-9-7-14(8-10-22)17-6-5-15(26-4)11-20-17/h5-6,11,14,16H,7-10,12-13H2,1-4H3. The van der Waals surface area contributed by atoms with Crippen LogP contribution in [0, 0.1) is 0 Å². The van der Waals surface area contributed by atoms with Crippen molar-refractivity contribution in [3.05, 3.63) is 24.0 Å². The Morgan fingerprint density at radius 1 is 1.18 bits per heavy atom. The summed E-state index contributed by atoms with van der Waals surface area (Å²) in [6, 6.07) is 3.82. The molecule has 0 radical (unpaired) electrons. The van der Waals surface area contributed by atoms with Crippen molar-refractivity contribution in [1.82, 2.24) is 14.2 Å². The van der Waals surface area contributed by atoms with Crippen LogP contribution in [0.2, 0.25) is 0 Å². The molecule has 3 heterocycles. The van der Waals surface area contributed by atoms with Crippen molar-refractivity contribution in [2.75, 3.05) is 33.3 Å². The number of pyridine rings is 1. The summed E-state index contributed by atoms with van der Waals surface area (Å²) >= 11 is 0. The van der Waals surface area contributed by atoms with E-state index in [4.69, 9.17) is 9.47 Å². The second-order valence-corrected chi connectivity index (χ2v) is 10.6. The van der Waals surface area contributed by atoms with Crippen molar-refractivity contribution >= 4 is 16.1 Å². The zero-order valence-electron chi connectivity index (χ0n) is 16.9.